The van der Waals surface area contributed by atoms with Crippen LogP contribution in [0.15, 0.2) is 11.1 Å². The summed E-state index contributed by atoms with van der Waals surface area (Å²) in [5.41, 5.74) is 2.02. The second-order valence-corrected chi connectivity index (χ2v) is 3.60. The monoisotopic (exact) mass is 160 g/mol. The van der Waals surface area contributed by atoms with Gasteiger partial charge >= 0.3 is 0 Å². The van der Waals surface area contributed by atoms with Crippen molar-refractivity contribution in [2.24, 2.45) is 5.92 Å². The van der Waals surface area contributed by atoms with Crippen LogP contribution in [0.25, 0.3) is 0 Å². The Hall–Kier alpha value is -0.400. The Morgan fingerprint density at radius 1 is 1.36 bits per heavy atom. The lowest BCUT2D eigenvalue weighted by molar-refractivity contribution is -0.0233. The molecule has 0 aliphatic heterocycles. The van der Waals surface area contributed by atoms with Crippen molar-refractivity contribution in [1.29, 1.82) is 0 Å². The first kappa shape index (κ1) is 8.69. The number of rotatable bonds is 0. The lowest BCUT2D eigenvalue weighted by Crippen LogP contribution is -2.25. The quantitative estimate of drug-likeness (QED) is 0.476. The zero-order valence-corrected chi connectivity index (χ0v) is 7.25. The van der Waals surface area contributed by atoms with Crippen molar-refractivity contribution in [3.63, 3.8) is 0 Å². The molecule has 0 aromatic carbocycles. The Bertz CT molecular complexity index is 192. The molecule has 0 heterocycles. The van der Waals surface area contributed by atoms with E-state index in [0.29, 0.717) is 0 Å². The molecule has 1 atom stereocenters. The predicted molar refractivity (Wildman–Crippen MR) is 41.7 cm³/mol. The molecule has 1 unspecified atom stereocenters. The highest BCUT2D eigenvalue weighted by molar-refractivity contribution is 5.18. The smallest absolute Gasteiger partial charge is 0.207 e. The van der Waals surface area contributed by atoms with Crippen LogP contribution >= 0.6 is 0 Å². The summed E-state index contributed by atoms with van der Waals surface area (Å²) in [5, 5.41) is 0. The van der Waals surface area contributed by atoms with E-state index in [1.807, 2.05) is 13.8 Å². The Morgan fingerprint density at radius 2 is 1.91 bits per heavy atom. The van der Waals surface area contributed by atoms with Gasteiger partial charge in [-0.3, -0.25) is 0 Å². The summed E-state index contributed by atoms with van der Waals surface area (Å²) in [6, 6.07) is 0. The third kappa shape index (κ3) is 1.79. The van der Waals surface area contributed by atoms with E-state index in [4.69, 9.17) is 0 Å². The standard InChI is InChI=1S/C9H14F2/c1-6-4-9(10,11)5-7(2)8(6)3/h6H,4-5H2,1-3H3. The third-order valence-electron chi connectivity index (χ3n) is 2.54. The second-order valence-electron chi connectivity index (χ2n) is 3.60. The van der Waals surface area contributed by atoms with Gasteiger partial charge in [0.05, 0.1) is 0 Å². The highest BCUT2D eigenvalue weighted by Crippen LogP contribution is 2.39. The molecule has 0 radical (unpaired) electrons. The van der Waals surface area contributed by atoms with Crippen molar-refractivity contribution in [3.8, 4) is 0 Å². The summed E-state index contributed by atoms with van der Waals surface area (Å²) in [5.74, 6) is -2.40. The zero-order chi connectivity index (χ0) is 8.65. The highest BCUT2D eigenvalue weighted by atomic mass is 19.3. The normalized spacial score (nSPS) is 30.8. The molecule has 0 spiro atoms. The molecule has 0 aromatic rings. The first-order chi connectivity index (χ1) is 4.92. The topological polar surface area (TPSA) is 0 Å². The number of alkyl halides is 2. The van der Waals surface area contributed by atoms with E-state index in [9.17, 15) is 8.78 Å². The molecule has 0 fully saturated rings. The summed E-state index contributed by atoms with van der Waals surface area (Å²) < 4.78 is 25.7. The summed E-state index contributed by atoms with van der Waals surface area (Å²) in [6.07, 6.45) is -0.0145. The maximum Gasteiger partial charge on any atom is 0.252 e. The Morgan fingerprint density at radius 3 is 2.36 bits per heavy atom. The van der Waals surface area contributed by atoms with E-state index >= 15 is 0 Å². The van der Waals surface area contributed by atoms with Crippen molar-refractivity contribution < 1.29 is 8.78 Å². The molecule has 1 aliphatic rings. The average Bonchev–Trinajstić information content (AvgIpc) is 1.81. The molecule has 0 bridgehead atoms. The van der Waals surface area contributed by atoms with Crippen molar-refractivity contribution in [1.82, 2.24) is 0 Å². The van der Waals surface area contributed by atoms with Gasteiger partial charge in [0.1, 0.15) is 0 Å². The highest BCUT2D eigenvalue weighted by Gasteiger charge is 2.36. The van der Waals surface area contributed by atoms with E-state index in [1.54, 1.807) is 6.92 Å². The van der Waals surface area contributed by atoms with E-state index in [2.05, 4.69) is 0 Å². The van der Waals surface area contributed by atoms with Crippen molar-refractivity contribution >= 4 is 0 Å². The fourth-order valence-electron chi connectivity index (χ4n) is 1.62. The molecule has 2 heteroatoms. The van der Waals surface area contributed by atoms with Crippen molar-refractivity contribution in [3.05, 3.63) is 11.1 Å². The molecule has 11 heavy (non-hydrogen) atoms. The first-order valence-corrected chi connectivity index (χ1v) is 3.96. The number of allylic oxidation sites excluding steroid dienone is 2. The minimum Gasteiger partial charge on any atom is -0.207 e. The third-order valence-corrected chi connectivity index (χ3v) is 2.54. The van der Waals surface area contributed by atoms with Crippen LogP contribution in [0.3, 0.4) is 0 Å². The van der Waals surface area contributed by atoms with Crippen LogP contribution in [0.2, 0.25) is 0 Å². The van der Waals surface area contributed by atoms with Gasteiger partial charge < -0.3 is 0 Å². The predicted octanol–water partition coefficient (Wildman–Crippen LogP) is 3.39. The van der Waals surface area contributed by atoms with Crippen LogP contribution < -0.4 is 0 Å². The number of hydrogen-bond donors (Lipinski definition) is 0. The maximum absolute atomic E-state index is 12.8. The first-order valence-electron chi connectivity index (χ1n) is 3.96. The molecule has 64 valence electrons. The molecule has 0 amide bonds. The lowest BCUT2D eigenvalue weighted by Gasteiger charge is -2.28. The average molecular weight is 160 g/mol. The van der Waals surface area contributed by atoms with Crippen LogP contribution in [-0.4, -0.2) is 5.92 Å². The molecule has 1 rings (SSSR count). The van der Waals surface area contributed by atoms with Crippen molar-refractivity contribution in [2.75, 3.05) is 0 Å². The summed E-state index contributed by atoms with van der Waals surface area (Å²) in [4.78, 5) is 0. The van der Waals surface area contributed by atoms with Crippen LogP contribution in [0.4, 0.5) is 8.78 Å². The van der Waals surface area contributed by atoms with Gasteiger partial charge in [0.15, 0.2) is 0 Å². The fraction of sp³-hybridized carbons (Fsp3) is 0.778. The lowest BCUT2D eigenvalue weighted by atomic mass is 9.83. The Balaban J connectivity index is 2.85. The number of halogens is 2. The van der Waals surface area contributed by atoms with Crippen LogP contribution in [0, 0.1) is 5.92 Å². The molecular weight excluding hydrogens is 146 g/mol. The number of hydrogen-bond acceptors (Lipinski definition) is 0. The van der Waals surface area contributed by atoms with E-state index in [0.717, 1.165) is 11.1 Å². The summed E-state index contributed by atoms with van der Waals surface area (Å²) >= 11 is 0. The van der Waals surface area contributed by atoms with Crippen LogP contribution in [0.1, 0.15) is 33.6 Å². The van der Waals surface area contributed by atoms with Gasteiger partial charge in [0.25, 0.3) is 5.92 Å². The fourth-order valence-corrected chi connectivity index (χ4v) is 1.62. The Kier molecular flexibility index (Phi) is 2.04. The van der Waals surface area contributed by atoms with Gasteiger partial charge in [-0.05, 0) is 19.8 Å². The molecule has 0 nitrogen and oxygen atoms in total. The minimum absolute atomic E-state index is 0.0240. The van der Waals surface area contributed by atoms with Crippen LogP contribution in [-0.2, 0) is 0 Å². The summed E-state index contributed by atoms with van der Waals surface area (Å²) in [7, 11) is 0. The van der Waals surface area contributed by atoms with Gasteiger partial charge in [-0.2, -0.15) is 0 Å². The van der Waals surface area contributed by atoms with Gasteiger partial charge in [0.2, 0.25) is 0 Å². The van der Waals surface area contributed by atoms with Gasteiger partial charge in [-0.1, -0.05) is 18.1 Å². The molecule has 0 aromatic heterocycles. The van der Waals surface area contributed by atoms with Crippen LogP contribution in [0.5, 0.6) is 0 Å². The molecule has 1 aliphatic carbocycles. The minimum atomic E-state index is -2.46. The maximum atomic E-state index is 12.8. The van der Waals surface area contributed by atoms with E-state index in [-0.39, 0.29) is 18.8 Å². The zero-order valence-electron chi connectivity index (χ0n) is 7.25. The van der Waals surface area contributed by atoms with Gasteiger partial charge in [-0.15, -0.1) is 0 Å². The van der Waals surface area contributed by atoms with Gasteiger partial charge in [0, 0.05) is 12.8 Å². The van der Waals surface area contributed by atoms with E-state index in [1.165, 1.54) is 0 Å². The Labute approximate surface area is 66.3 Å². The van der Waals surface area contributed by atoms with Crippen molar-refractivity contribution in [2.45, 2.75) is 39.5 Å². The SMILES string of the molecule is CC1=C(C)C(C)CC(F)(F)C1. The second kappa shape index (κ2) is 2.58. The molecule has 0 N–H and O–H groups in total. The van der Waals surface area contributed by atoms with Gasteiger partial charge in [-0.25, -0.2) is 8.78 Å². The largest absolute Gasteiger partial charge is 0.252 e. The molecule has 0 saturated carbocycles. The van der Waals surface area contributed by atoms with E-state index < -0.39 is 5.92 Å². The summed E-state index contributed by atoms with van der Waals surface area (Å²) in [6.45, 7) is 5.63. The molecular formula is C9H14F2. The molecule has 0 saturated heterocycles.